The molecule has 18 heavy (non-hydrogen) atoms. The Labute approximate surface area is 113 Å². The van der Waals surface area contributed by atoms with Gasteiger partial charge < -0.3 is 9.88 Å². The van der Waals surface area contributed by atoms with Crippen molar-refractivity contribution >= 4 is 11.6 Å². The molecule has 0 saturated heterocycles. The Balaban J connectivity index is 2.11. The number of benzene rings is 1. The lowest BCUT2D eigenvalue weighted by Gasteiger charge is -2.21. The summed E-state index contributed by atoms with van der Waals surface area (Å²) < 4.78 is 2.02. The summed E-state index contributed by atoms with van der Waals surface area (Å²) in [5.41, 5.74) is 1.11. The molecule has 2 aromatic rings. The lowest BCUT2D eigenvalue weighted by Crippen LogP contribution is -2.24. The molecule has 1 N–H and O–H groups in total. The molecule has 0 amide bonds. The molecule has 0 saturated carbocycles. The predicted molar refractivity (Wildman–Crippen MR) is 74.6 cm³/mol. The largest absolute Gasteiger partial charge is 0.337 e. The zero-order valence-corrected chi connectivity index (χ0v) is 11.6. The maximum absolute atomic E-state index is 6.20. The first-order valence-corrected chi connectivity index (χ1v) is 6.45. The van der Waals surface area contributed by atoms with Crippen molar-refractivity contribution in [2.24, 2.45) is 7.05 Å². The molecule has 0 aliphatic carbocycles. The molecule has 0 aliphatic rings. The molecular weight excluding hydrogens is 246 g/mol. The van der Waals surface area contributed by atoms with Crippen LogP contribution >= 0.6 is 11.6 Å². The molecule has 1 heterocycles. The van der Waals surface area contributed by atoms with Gasteiger partial charge in [0.15, 0.2) is 0 Å². The van der Waals surface area contributed by atoms with E-state index in [1.54, 1.807) is 0 Å². The van der Waals surface area contributed by atoms with Gasteiger partial charge in [-0.15, -0.1) is 0 Å². The van der Waals surface area contributed by atoms with Gasteiger partial charge in [-0.2, -0.15) is 0 Å². The second-order valence-corrected chi connectivity index (χ2v) is 4.94. The van der Waals surface area contributed by atoms with Crippen LogP contribution in [-0.4, -0.2) is 9.55 Å². The van der Waals surface area contributed by atoms with E-state index in [4.69, 9.17) is 11.6 Å². The first kappa shape index (κ1) is 13.1. The second kappa shape index (κ2) is 5.55. The molecule has 0 aliphatic heterocycles. The lowest BCUT2D eigenvalue weighted by atomic mass is 10.1. The van der Waals surface area contributed by atoms with Crippen LogP contribution in [0, 0.1) is 0 Å². The molecule has 2 atom stereocenters. The van der Waals surface area contributed by atoms with Crippen molar-refractivity contribution in [3.8, 4) is 0 Å². The van der Waals surface area contributed by atoms with Gasteiger partial charge in [-0.1, -0.05) is 29.8 Å². The minimum absolute atomic E-state index is 0.177. The minimum Gasteiger partial charge on any atom is -0.337 e. The van der Waals surface area contributed by atoms with Crippen molar-refractivity contribution in [2.75, 3.05) is 0 Å². The quantitative estimate of drug-likeness (QED) is 0.915. The summed E-state index contributed by atoms with van der Waals surface area (Å²) in [5.74, 6) is 1.02. The van der Waals surface area contributed by atoms with Gasteiger partial charge in [-0.3, -0.25) is 0 Å². The fourth-order valence-corrected chi connectivity index (χ4v) is 2.46. The molecule has 0 fully saturated rings. The third-order valence-electron chi connectivity index (χ3n) is 3.12. The van der Waals surface area contributed by atoms with E-state index in [-0.39, 0.29) is 12.1 Å². The van der Waals surface area contributed by atoms with Gasteiger partial charge in [-0.05, 0) is 25.5 Å². The number of hydrogen-bond acceptors (Lipinski definition) is 2. The van der Waals surface area contributed by atoms with Gasteiger partial charge in [0.25, 0.3) is 0 Å². The number of hydrogen-bond donors (Lipinski definition) is 1. The fraction of sp³-hybridized carbons (Fsp3) is 0.357. The van der Waals surface area contributed by atoms with Crippen molar-refractivity contribution < 1.29 is 0 Å². The molecule has 4 heteroatoms. The molecule has 0 radical (unpaired) electrons. The Bertz CT molecular complexity index is 521. The maximum atomic E-state index is 6.20. The highest BCUT2D eigenvalue weighted by molar-refractivity contribution is 6.31. The average molecular weight is 264 g/mol. The van der Waals surface area contributed by atoms with E-state index in [1.165, 1.54) is 0 Å². The lowest BCUT2D eigenvalue weighted by molar-refractivity contribution is 0.467. The van der Waals surface area contributed by atoms with E-state index in [0.717, 1.165) is 16.4 Å². The molecule has 3 nitrogen and oxygen atoms in total. The van der Waals surface area contributed by atoms with E-state index < -0.39 is 0 Å². The number of nitrogens with zero attached hydrogens (tertiary/aromatic N) is 2. The van der Waals surface area contributed by atoms with Gasteiger partial charge in [0.1, 0.15) is 5.82 Å². The molecule has 1 aromatic heterocycles. The Hall–Kier alpha value is -1.32. The highest BCUT2D eigenvalue weighted by Gasteiger charge is 2.15. The Morgan fingerprint density at radius 2 is 1.94 bits per heavy atom. The number of aromatic nitrogens is 2. The number of aryl methyl sites for hydroxylation is 1. The zero-order chi connectivity index (χ0) is 13.1. The highest BCUT2D eigenvalue weighted by atomic mass is 35.5. The number of halogens is 1. The Morgan fingerprint density at radius 1 is 1.22 bits per heavy atom. The summed E-state index contributed by atoms with van der Waals surface area (Å²) in [6.07, 6.45) is 3.77. The molecule has 96 valence electrons. The monoisotopic (exact) mass is 263 g/mol. The van der Waals surface area contributed by atoms with Gasteiger partial charge in [-0.25, -0.2) is 4.98 Å². The molecular formula is C14H18ClN3. The van der Waals surface area contributed by atoms with Crippen molar-refractivity contribution in [2.45, 2.75) is 25.9 Å². The fourth-order valence-electron chi connectivity index (χ4n) is 2.16. The topological polar surface area (TPSA) is 29.9 Å². The number of imidazole rings is 1. The zero-order valence-electron chi connectivity index (χ0n) is 10.9. The van der Waals surface area contributed by atoms with Crippen LogP contribution in [0.1, 0.15) is 37.3 Å². The van der Waals surface area contributed by atoms with Crippen molar-refractivity contribution in [1.29, 1.82) is 0 Å². The van der Waals surface area contributed by atoms with Crippen LogP contribution in [0.15, 0.2) is 36.7 Å². The average Bonchev–Trinajstić information content (AvgIpc) is 2.76. The molecule has 1 unspecified atom stereocenters. The van der Waals surface area contributed by atoms with E-state index in [1.807, 2.05) is 48.3 Å². The van der Waals surface area contributed by atoms with Crippen LogP contribution in [0.3, 0.4) is 0 Å². The van der Waals surface area contributed by atoms with E-state index in [9.17, 15) is 0 Å². The molecule has 2 rings (SSSR count). The molecule has 1 aromatic carbocycles. The van der Waals surface area contributed by atoms with Gasteiger partial charge in [0, 0.05) is 30.5 Å². The third kappa shape index (κ3) is 2.74. The van der Waals surface area contributed by atoms with E-state index in [2.05, 4.69) is 24.1 Å². The van der Waals surface area contributed by atoms with Gasteiger partial charge in [0.2, 0.25) is 0 Å². The summed E-state index contributed by atoms with van der Waals surface area (Å²) in [4.78, 5) is 4.35. The smallest absolute Gasteiger partial charge is 0.125 e. The Morgan fingerprint density at radius 3 is 2.56 bits per heavy atom. The van der Waals surface area contributed by atoms with Crippen LogP contribution in [-0.2, 0) is 7.05 Å². The van der Waals surface area contributed by atoms with E-state index >= 15 is 0 Å². The summed E-state index contributed by atoms with van der Waals surface area (Å²) in [6, 6.07) is 8.28. The minimum atomic E-state index is 0.177. The van der Waals surface area contributed by atoms with Crippen molar-refractivity contribution in [1.82, 2.24) is 14.9 Å². The normalized spacial score (nSPS) is 14.4. The van der Waals surface area contributed by atoms with Crippen LogP contribution < -0.4 is 5.32 Å². The van der Waals surface area contributed by atoms with Crippen molar-refractivity contribution in [3.05, 3.63) is 53.1 Å². The van der Waals surface area contributed by atoms with Crippen LogP contribution in [0.25, 0.3) is 0 Å². The van der Waals surface area contributed by atoms with Crippen LogP contribution in [0.4, 0.5) is 0 Å². The molecule has 0 bridgehead atoms. The first-order valence-electron chi connectivity index (χ1n) is 6.07. The molecule has 0 spiro atoms. The first-order chi connectivity index (χ1) is 8.59. The van der Waals surface area contributed by atoms with Crippen LogP contribution in [0.2, 0.25) is 5.02 Å². The summed E-state index contributed by atoms with van der Waals surface area (Å²) in [7, 11) is 2.00. The number of nitrogens with one attached hydrogen (secondary N) is 1. The maximum Gasteiger partial charge on any atom is 0.125 e. The van der Waals surface area contributed by atoms with Crippen LogP contribution in [0.5, 0.6) is 0 Å². The number of rotatable bonds is 4. The third-order valence-corrected chi connectivity index (χ3v) is 3.46. The van der Waals surface area contributed by atoms with Crippen molar-refractivity contribution in [3.63, 3.8) is 0 Å². The highest BCUT2D eigenvalue weighted by Crippen LogP contribution is 2.24. The summed E-state index contributed by atoms with van der Waals surface area (Å²) in [6.45, 7) is 4.22. The second-order valence-electron chi connectivity index (χ2n) is 4.53. The Kier molecular flexibility index (Phi) is 4.04. The van der Waals surface area contributed by atoms with Gasteiger partial charge >= 0.3 is 0 Å². The SMILES string of the molecule is CC(N[C@@H](C)c1ccccc1Cl)c1nccn1C. The summed E-state index contributed by atoms with van der Waals surface area (Å²) >= 11 is 6.20. The van der Waals surface area contributed by atoms with E-state index in [0.29, 0.717) is 0 Å². The van der Waals surface area contributed by atoms with Gasteiger partial charge in [0.05, 0.1) is 6.04 Å². The predicted octanol–water partition coefficient (Wildman–Crippen LogP) is 3.49. The summed E-state index contributed by atoms with van der Waals surface area (Å²) in [5, 5.41) is 4.31. The standard InChI is InChI=1S/C14H18ClN3/c1-10(12-6-4-5-7-13(12)15)17-11(2)14-16-8-9-18(14)3/h4-11,17H,1-3H3/t10-,11?/m0/s1.